The van der Waals surface area contributed by atoms with E-state index < -0.39 is 0 Å². The molecule has 0 amide bonds. The van der Waals surface area contributed by atoms with Crippen molar-refractivity contribution in [1.29, 1.82) is 0 Å². The maximum absolute atomic E-state index is 4.36. The van der Waals surface area contributed by atoms with Crippen LogP contribution in [-0.2, 0) is 13.1 Å². The van der Waals surface area contributed by atoms with Gasteiger partial charge in [0.15, 0.2) is 0 Å². The highest BCUT2D eigenvalue weighted by Crippen LogP contribution is 2.60. The molecule has 3 nitrogen and oxygen atoms in total. The van der Waals surface area contributed by atoms with Crippen molar-refractivity contribution >= 4 is 0 Å². The van der Waals surface area contributed by atoms with Crippen molar-refractivity contribution in [2.45, 2.75) is 52.1 Å². The van der Waals surface area contributed by atoms with Crippen LogP contribution in [0, 0.1) is 11.3 Å². The Morgan fingerprint density at radius 3 is 2.94 bits per heavy atom. The summed E-state index contributed by atoms with van der Waals surface area (Å²) < 4.78 is 2.05. The molecule has 0 unspecified atom stereocenters. The summed E-state index contributed by atoms with van der Waals surface area (Å²) in [6, 6.07) is 0. The monoisotopic (exact) mass is 233 g/mol. The zero-order valence-corrected chi connectivity index (χ0v) is 10.8. The van der Waals surface area contributed by atoms with Crippen LogP contribution in [-0.4, -0.2) is 16.3 Å². The lowest BCUT2D eigenvalue weighted by Gasteiger charge is -2.14. The van der Waals surface area contributed by atoms with E-state index >= 15 is 0 Å². The van der Waals surface area contributed by atoms with Gasteiger partial charge in [0.25, 0.3) is 0 Å². The van der Waals surface area contributed by atoms with E-state index in [-0.39, 0.29) is 0 Å². The largest absolute Gasteiger partial charge is 0.312 e. The SMILES string of the molecule is CCCn1cc(CNCC2(C3CC3)CC2)cn1. The summed E-state index contributed by atoms with van der Waals surface area (Å²) in [6.45, 7) is 5.42. The Balaban J connectivity index is 1.44. The summed E-state index contributed by atoms with van der Waals surface area (Å²) in [6.07, 6.45) is 11.2. The van der Waals surface area contributed by atoms with Crippen LogP contribution in [0.4, 0.5) is 0 Å². The van der Waals surface area contributed by atoms with E-state index in [4.69, 9.17) is 0 Å². The molecule has 0 spiro atoms. The van der Waals surface area contributed by atoms with Crippen LogP contribution in [0.3, 0.4) is 0 Å². The Morgan fingerprint density at radius 1 is 1.47 bits per heavy atom. The smallest absolute Gasteiger partial charge is 0.0534 e. The highest BCUT2D eigenvalue weighted by molar-refractivity contribution is 5.07. The van der Waals surface area contributed by atoms with Crippen LogP contribution in [0.5, 0.6) is 0 Å². The molecule has 2 aliphatic rings. The molecular formula is C14H23N3. The molecule has 0 radical (unpaired) electrons. The summed E-state index contributed by atoms with van der Waals surface area (Å²) in [5.41, 5.74) is 2.03. The van der Waals surface area contributed by atoms with E-state index in [1.807, 2.05) is 10.9 Å². The predicted molar refractivity (Wildman–Crippen MR) is 68.6 cm³/mol. The average Bonchev–Trinajstić information content (AvgIpc) is 3.20. The minimum absolute atomic E-state index is 0.708. The molecular weight excluding hydrogens is 210 g/mol. The Bertz CT molecular complexity index is 375. The first kappa shape index (κ1) is 11.3. The fourth-order valence-corrected chi connectivity index (χ4v) is 2.89. The lowest BCUT2D eigenvalue weighted by atomic mass is 10.0. The van der Waals surface area contributed by atoms with Gasteiger partial charge in [-0.05, 0) is 43.4 Å². The van der Waals surface area contributed by atoms with Crippen molar-refractivity contribution in [1.82, 2.24) is 15.1 Å². The zero-order valence-electron chi connectivity index (χ0n) is 10.8. The van der Waals surface area contributed by atoms with Crippen LogP contribution in [0.1, 0.15) is 44.6 Å². The van der Waals surface area contributed by atoms with Gasteiger partial charge >= 0.3 is 0 Å². The van der Waals surface area contributed by atoms with Crippen LogP contribution in [0.25, 0.3) is 0 Å². The summed E-state index contributed by atoms with van der Waals surface area (Å²) in [5.74, 6) is 1.05. The first-order valence-corrected chi connectivity index (χ1v) is 7.04. The van der Waals surface area contributed by atoms with Crippen molar-refractivity contribution in [2.24, 2.45) is 11.3 Å². The molecule has 2 aliphatic carbocycles. The van der Waals surface area contributed by atoms with Crippen LogP contribution < -0.4 is 5.32 Å². The molecule has 0 atom stereocenters. The third-order valence-corrected chi connectivity index (χ3v) is 4.28. The number of nitrogens with zero attached hydrogens (tertiary/aromatic N) is 2. The molecule has 1 aromatic rings. The van der Waals surface area contributed by atoms with Crippen molar-refractivity contribution in [2.75, 3.05) is 6.54 Å². The number of aromatic nitrogens is 2. The minimum Gasteiger partial charge on any atom is -0.312 e. The number of hydrogen-bond acceptors (Lipinski definition) is 2. The molecule has 1 heterocycles. The molecule has 0 bridgehead atoms. The van der Waals surface area contributed by atoms with Crippen LogP contribution in [0.2, 0.25) is 0 Å². The molecule has 1 aromatic heterocycles. The molecule has 0 saturated heterocycles. The Hall–Kier alpha value is -0.830. The summed E-state index contributed by atoms with van der Waals surface area (Å²) in [5, 5.41) is 7.99. The number of nitrogens with one attached hydrogen (secondary N) is 1. The third-order valence-electron chi connectivity index (χ3n) is 4.28. The van der Waals surface area contributed by atoms with Gasteiger partial charge in [-0.3, -0.25) is 4.68 Å². The van der Waals surface area contributed by atoms with Gasteiger partial charge in [-0.15, -0.1) is 0 Å². The third kappa shape index (κ3) is 2.54. The van der Waals surface area contributed by atoms with Gasteiger partial charge in [-0.2, -0.15) is 5.10 Å². The normalized spacial score (nSPS) is 21.7. The van der Waals surface area contributed by atoms with Crippen molar-refractivity contribution in [3.8, 4) is 0 Å². The molecule has 17 heavy (non-hydrogen) atoms. The number of aryl methyl sites for hydroxylation is 1. The van der Waals surface area contributed by atoms with E-state index in [0.29, 0.717) is 5.41 Å². The minimum atomic E-state index is 0.708. The highest BCUT2D eigenvalue weighted by atomic mass is 15.3. The second-order valence-corrected chi connectivity index (χ2v) is 5.85. The first-order chi connectivity index (χ1) is 8.32. The lowest BCUT2D eigenvalue weighted by Crippen LogP contribution is -2.24. The van der Waals surface area contributed by atoms with Gasteiger partial charge in [0, 0.05) is 31.4 Å². The van der Waals surface area contributed by atoms with Gasteiger partial charge in [-0.25, -0.2) is 0 Å². The van der Waals surface area contributed by atoms with E-state index in [9.17, 15) is 0 Å². The molecule has 0 aliphatic heterocycles. The molecule has 0 aromatic carbocycles. The topological polar surface area (TPSA) is 29.9 Å². The van der Waals surface area contributed by atoms with E-state index in [2.05, 4.69) is 23.5 Å². The zero-order chi connectivity index (χ0) is 11.7. The van der Waals surface area contributed by atoms with Crippen molar-refractivity contribution in [3.63, 3.8) is 0 Å². The van der Waals surface area contributed by atoms with Gasteiger partial charge < -0.3 is 5.32 Å². The van der Waals surface area contributed by atoms with Crippen molar-refractivity contribution < 1.29 is 0 Å². The maximum Gasteiger partial charge on any atom is 0.0534 e. The lowest BCUT2D eigenvalue weighted by molar-refractivity contribution is 0.403. The van der Waals surface area contributed by atoms with Gasteiger partial charge in [0.1, 0.15) is 0 Å². The first-order valence-electron chi connectivity index (χ1n) is 7.04. The molecule has 2 fully saturated rings. The Kier molecular flexibility index (Phi) is 2.95. The number of rotatable bonds is 7. The summed E-state index contributed by atoms with van der Waals surface area (Å²) in [7, 11) is 0. The molecule has 3 heteroatoms. The highest BCUT2D eigenvalue weighted by Gasteiger charge is 2.53. The summed E-state index contributed by atoms with van der Waals surface area (Å²) in [4.78, 5) is 0. The predicted octanol–water partition coefficient (Wildman–Crippen LogP) is 2.57. The van der Waals surface area contributed by atoms with E-state index in [0.717, 1.165) is 25.4 Å². The summed E-state index contributed by atoms with van der Waals surface area (Å²) >= 11 is 0. The Morgan fingerprint density at radius 2 is 2.29 bits per heavy atom. The van der Waals surface area contributed by atoms with Crippen molar-refractivity contribution in [3.05, 3.63) is 18.0 Å². The van der Waals surface area contributed by atoms with E-state index in [1.165, 1.54) is 37.8 Å². The fourth-order valence-electron chi connectivity index (χ4n) is 2.89. The van der Waals surface area contributed by atoms with Gasteiger partial charge in [0.05, 0.1) is 6.20 Å². The maximum atomic E-state index is 4.36. The second-order valence-electron chi connectivity index (χ2n) is 5.85. The molecule has 3 rings (SSSR count). The molecule has 1 N–H and O–H groups in total. The number of hydrogen-bond donors (Lipinski definition) is 1. The standard InChI is InChI=1S/C14H23N3/c1-2-7-17-10-12(9-16-17)8-15-11-14(5-6-14)13-3-4-13/h9-10,13,15H,2-8,11H2,1H3. The van der Waals surface area contributed by atoms with E-state index in [1.54, 1.807) is 0 Å². The molecule has 2 saturated carbocycles. The molecule has 94 valence electrons. The fraction of sp³-hybridized carbons (Fsp3) is 0.786. The van der Waals surface area contributed by atoms with Gasteiger partial charge in [0.2, 0.25) is 0 Å². The van der Waals surface area contributed by atoms with Gasteiger partial charge in [-0.1, -0.05) is 6.92 Å². The van der Waals surface area contributed by atoms with Crippen LogP contribution >= 0.6 is 0 Å². The quantitative estimate of drug-likeness (QED) is 0.784. The Labute approximate surface area is 104 Å². The second kappa shape index (κ2) is 4.45. The average molecular weight is 233 g/mol. The van der Waals surface area contributed by atoms with Crippen LogP contribution in [0.15, 0.2) is 12.4 Å².